The average Bonchev–Trinajstić information content (AvgIpc) is 2.19. The minimum atomic E-state index is 0.319. The van der Waals surface area contributed by atoms with Crippen molar-refractivity contribution in [2.24, 2.45) is 5.41 Å². The lowest BCUT2D eigenvalue weighted by Gasteiger charge is -2.28. The average molecular weight is 240 g/mol. The van der Waals surface area contributed by atoms with E-state index in [0.29, 0.717) is 11.5 Å². The van der Waals surface area contributed by atoms with Gasteiger partial charge in [-0.3, -0.25) is 0 Å². The summed E-state index contributed by atoms with van der Waals surface area (Å²) in [6, 6.07) is 8.60. The second kappa shape index (κ2) is 5.70. The van der Waals surface area contributed by atoms with Gasteiger partial charge in [0.15, 0.2) is 0 Å². The van der Waals surface area contributed by atoms with Crippen LogP contribution in [0.3, 0.4) is 0 Å². The summed E-state index contributed by atoms with van der Waals surface area (Å²) in [4.78, 5) is 0. The van der Waals surface area contributed by atoms with Gasteiger partial charge < -0.3 is 5.32 Å². The fourth-order valence-electron chi connectivity index (χ4n) is 1.39. The molecule has 0 saturated carbocycles. The van der Waals surface area contributed by atoms with Crippen molar-refractivity contribution in [2.45, 2.75) is 40.2 Å². The van der Waals surface area contributed by atoms with Gasteiger partial charge >= 0.3 is 0 Å². The van der Waals surface area contributed by atoms with Crippen LogP contribution >= 0.6 is 11.6 Å². The van der Waals surface area contributed by atoms with Gasteiger partial charge in [-0.25, -0.2) is 0 Å². The van der Waals surface area contributed by atoms with Crippen LogP contribution in [0.2, 0.25) is 5.02 Å². The number of nitrogens with one attached hydrogen (secondary N) is 1. The van der Waals surface area contributed by atoms with E-state index in [-0.39, 0.29) is 0 Å². The predicted molar refractivity (Wildman–Crippen MR) is 72.1 cm³/mol. The van der Waals surface area contributed by atoms with Crippen molar-refractivity contribution in [3.05, 3.63) is 34.9 Å². The SMILES string of the molecule is CC(NCCc1ccc(Cl)cc1)C(C)(C)C. The molecule has 0 aliphatic carbocycles. The maximum atomic E-state index is 5.84. The topological polar surface area (TPSA) is 12.0 Å². The van der Waals surface area contributed by atoms with E-state index >= 15 is 0 Å². The Balaban J connectivity index is 2.33. The quantitative estimate of drug-likeness (QED) is 0.840. The van der Waals surface area contributed by atoms with Gasteiger partial charge in [0.2, 0.25) is 0 Å². The van der Waals surface area contributed by atoms with Gasteiger partial charge in [0.05, 0.1) is 0 Å². The smallest absolute Gasteiger partial charge is 0.0406 e. The van der Waals surface area contributed by atoms with Gasteiger partial charge in [-0.2, -0.15) is 0 Å². The van der Waals surface area contributed by atoms with Crippen LogP contribution in [-0.4, -0.2) is 12.6 Å². The first-order valence-corrected chi connectivity index (χ1v) is 6.25. The Hall–Kier alpha value is -0.530. The Morgan fingerprint density at radius 1 is 1.19 bits per heavy atom. The summed E-state index contributed by atoms with van der Waals surface area (Å²) in [5.74, 6) is 0. The van der Waals surface area contributed by atoms with Crippen molar-refractivity contribution in [1.82, 2.24) is 5.32 Å². The number of hydrogen-bond donors (Lipinski definition) is 1. The van der Waals surface area contributed by atoms with Crippen LogP contribution in [0.25, 0.3) is 0 Å². The minimum absolute atomic E-state index is 0.319. The molecular formula is C14H22ClN. The summed E-state index contributed by atoms with van der Waals surface area (Å²) in [6.07, 6.45) is 1.05. The first-order valence-electron chi connectivity index (χ1n) is 5.87. The van der Waals surface area contributed by atoms with Crippen molar-refractivity contribution >= 4 is 11.6 Å². The Labute approximate surface area is 104 Å². The molecule has 1 N–H and O–H groups in total. The minimum Gasteiger partial charge on any atom is -0.313 e. The molecule has 1 rings (SSSR count). The Morgan fingerprint density at radius 3 is 2.25 bits per heavy atom. The molecule has 16 heavy (non-hydrogen) atoms. The molecule has 1 unspecified atom stereocenters. The van der Waals surface area contributed by atoms with E-state index in [2.05, 4.69) is 45.1 Å². The van der Waals surface area contributed by atoms with E-state index in [1.165, 1.54) is 5.56 Å². The van der Waals surface area contributed by atoms with E-state index < -0.39 is 0 Å². The highest BCUT2D eigenvalue weighted by Gasteiger charge is 2.18. The molecule has 1 nitrogen and oxygen atoms in total. The van der Waals surface area contributed by atoms with Crippen LogP contribution in [0.15, 0.2) is 24.3 Å². The third-order valence-electron chi connectivity index (χ3n) is 3.08. The lowest BCUT2D eigenvalue weighted by Crippen LogP contribution is -2.38. The molecule has 0 heterocycles. The zero-order chi connectivity index (χ0) is 12.2. The summed E-state index contributed by atoms with van der Waals surface area (Å²) in [5, 5.41) is 4.36. The van der Waals surface area contributed by atoms with Gasteiger partial charge in [-0.15, -0.1) is 0 Å². The highest BCUT2D eigenvalue weighted by molar-refractivity contribution is 6.30. The van der Waals surface area contributed by atoms with E-state index in [1.54, 1.807) is 0 Å². The third-order valence-corrected chi connectivity index (χ3v) is 3.33. The summed E-state index contributed by atoms with van der Waals surface area (Å²) >= 11 is 5.84. The number of rotatable bonds is 4. The third kappa shape index (κ3) is 4.54. The molecule has 0 amide bonds. The fourth-order valence-corrected chi connectivity index (χ4v) is 1.52. The van der Waals surface area contributed by atoms with Gasteiger partial charge in [0, 0.05) is 11.1 Å². The lowest BCUT2D eigenvalue weighted by atomic mass is 9.88. The molecule has 0 bridgehead atoms. The van der Waals surface area contributed by atoms with Gasteiger partial charge in [-0.05, 0) is 43.0 Å². The van der Waals surface area contributed by atoms with E-state index in [0.717, 1.165) is 18.0 Å². The van der Waals surface area contributed by atoms with Crippen molar-refractivity contribution in [3.8, 4) is 0 Å². The monoisotopic (exact) mass is 239 g/mol. The van der Waals surface area contributed by atoms with Crippen molar-refractivity contribution < 1.29 is 0 Å². The Kier molecular flexibility index (Phi) is 4.82. The van der Waals surface area contributed by atoms with Crippen molar-refractivity contribution in [2.75, 3.05) is 6.54 Å². The van der Waals surface area contributed by atoms with Crippen LogP contribution in [0.4, 0.5) is 0 Å². The zero-order valence-electron chi connectivity index (χ0n) is 10.7. The molecule has 0 fully saturated rings. The molecular weight excluding hydrogens is 218 g/mol. The molecule has 0 aromatic heterocycles. The Bertz CT molecular complexity index is 311. The second-order valence-corrected chi connectivity index (χ2v) is 5.85. The first-order chi connectivity index (χ1) is 7.39. The fraction of sp³-hybridized carbons (Fsp3) is 0.571. The molecule has 1 aromatic rings. The van der Waals surface area contributed by atoms with Crippen LogP contribution in [0, 0.1) is 5.41 Å². The molecule has 1 atom stereocenters. The first kappa shape index (κ1) is 13.5. The number of benzene rings is 1. The van der Waals surface area contributed by atoms with Crippen molar-refractivity contribution in [3.63, 3.8) is 0 Å². The van der Waals surface area contributed by atoms with Crippen LogP contribution < -0.4 is 5.32 Å². The summed E-state index contributed by atoms with van der Waals surface area (Å²) in [5.41, 5.74) is 1.65. The standard InChI is InChI=1S/C14H22ClN/c1-11(14(2,3)4)16-10-9-12-5-7-13(15)8-6-12/h5-8,11,16H,9-10H2,1-4H3. The summed E-state index contributed by atoms with van der Waals surface area (Å²) < 4.78 is 0. The Morgan fingerprint density at radius 2 is 1.75 bits per heavy atom. The van der Waals surface area contributed by atoms with Gasteiger partial charge in [0.25, 0.3) is 0 Å². The summed E-state index contributed by atoms with van der Waals surface area (Å²) in [7, 11) is 0. The highest BCUT2D eigenvalue weighted by atomic mass is 35.5. The van der Waals surface area contributed by atoms with E-state index in [4.69, 9.17) is 11.6 Å². The maximum Gasteiger partial charge on any atom is 0.0406 e. The van der Waals surface area contributed by atoms with Crippen LogP contribution in [0.5, 0.6) is 0 Å². The molecule has 0 spiro atoms. The second-order valence-electron chi connectivity index (χ2n) is 5.42. The molecule has 2 heteroatoms. The molecule has 0 aliphatic rings. The predicted octanol–water partition coefficient (Wildman–Crippen LogP) is 3.91. The van der Waals surface area contributed by atoms with Crippen LogP contribution in [0.1, 0.15) is 33.3 Å². The molecule has 0 radical (unpaired) electrons. The highest BCUT2D eigenvalue weighted by Crippen LogP contribution is 2.18. The molecule has 90 valence electrons. The zero-order valence-corrected chi connectivity index (χ0v) is 11.4. The van der Waals surface area contributed by atoms with Gasteiger partial charge in [-0.1, -0.05) is 44.5 Å². The number of halogens is 1. The maximum absolute atomic E-state index is 5.84. The lowest BCUT2D eigenvalue weighted by molar-refractivity contribution is 0.288. The number of hydrogen-bond acceptors (Lipinski definition) is 1. The van der Waals surface area contributed by atoms with Crippen molar-refractivity contribution in [1.29, 1.82) is 0 Å². The summed E-state index contributed by atoms with van der Waals surface area (Å²) in [6.45, 7) is 10.0. The molecule has 0 saturated heterocycles. The van der Waals surface area contributed by atoms with Gasteiger partial charge in [0.1, 0.15) is 0 Å². The van der Waals surface area contributed by atoms with E-state index in [1.807, 2.05) is 12.1 Å². The molecule has 0 aliphatic heterocycles. The van der Waals surface area contributed by atoms with E-state index in [9.17, 15) is 0 Å². The normalized spacial score (nSPS) is 13.8. The van der Waals surface area contributed by atoms with Crippen LogP contribution in [-0.2, 0) is 6.42 Å². The largest absolute Gasteiger partial charge is 0.313 e. The molecule has 1 aromatic carbocycles.